The van der Waals surface area contributed by atoms with Crippen molar-refractivity contribution < 1.29 is 18.7 Å². The molecule has 6 rings (SSSR count). The number of pyridine rings is 1. The van der Waals surface area contributed by atoms with Crippen LogP contribution in [0.3, 0.4) is 0 Å². The lowest BCUT2D eigenvalue weighted by molar-refractivity contribution is -0.00795. The summed E-state index contributed by atoms with van der Waals surface area (Å²) >= 11 is 13.9. The number of anilines is 1. The highest BCUT2D eigenvalue weighted by Crippen LogP contribution is 2.41. The van der Waals surface area contributed by atoms with Crippen LogP contribution in [-0.4, -0.2) is 71.5 Å². The van der Waals surface area contributed by atoms with Crippen molar-refractivity contribution in [3.05, 3.63) is 81.4 Å². The Morgan fingerprint density at radius 2 is 1.74 bits per heavy atom. The van der Waals surface area contributed by atoms with Crippen LogP contribution in [0.25, 0.3) is 22.4 Å². The first kappa shape index (κ1) is 32.4. The molecule has 0 saturated carbocycles. The molecule has 0 spiro atoms. The van der Waals surface area contributed by atoms with Crippen LogP contribution in [0.2, 0.25) is 10.0 Å². The number of alkyl halides is 1. The van der Waals surface area contributed by atoms with E-state index in [4.69, 9.17) is 37.7 Å². The fourth-order valence-corrected chi connectivity index (χ4v) is 6.68. The highest BCUT2D eigenvalue weighted by Gasteiger charge is 2.32. The van der Waals surface area contributed by atoms with Crippen molar-refractivity contribution in [1.82, 2.24) is 24.8 Å². The molecule has 4 aromatic rings. The van der Waals surface area contributed by atoms with Gasteiger partial charge in [-0.1, -0.05) is 59.6 Å². The molecule has 1 amide bonds. The van der Waals surface area contributed by atoms with E-state index in [2.05, 4.69) is 20.5 Å². The second-order valence-corrected chi connectivity index (χ2v) is 12.7. The molecule has 9 nitrogen and oxygen atoms in total. The number of aromatic nitrogens is 3. The molecule has 4 heterocycles. The minimum atomic E-state index is -1.27. The quantitative estimate of drug-likeness (QED) is 0.216. The van der Waals surface area contributed by atoms with E-state index >= 15 is 0 Å². The monoisotopic (exact) mass is 666 g/mol. The maximum atomic E-state index is 15.0. The number of nitrogens with one attached hydrogen (secondary N) is 2. The summed E-state index contributed by atoms with van der Waals surface area (Å²) in [5.74, 6) is 0.434. The number of hydrogen-bond donors (Lipinski definition) is 2. The van der Waals surface area contributed by atoms with Crippen LogP contribution in [0.4, 0.5) is 10.1 Å². The van der Waals surface area contributed by atoms with Gasteiger partial charge in [0.05, 0.1) is 34.2 Å². The Morgan fingerprint density at radius 3 is 2.50 bits per heavy atom. The first-order chi connectivity index (χ1) is 22.2. The molecule has 2 aliphatic rings. The van der Waals surface area contributed by atoms with Crippen molar-refractivity contribution in [3.8, 4) is 28.3 Å². The van der Waals surface area contributed by atoms with Gasteiger partial charge in [0.25, 0.3) is 5.91 Å². The normalized spacial score (nSPS) is 16.2. The maximum absolute atomic E-state index is 15.0. The second kappa shape index (κ2) is 13.7. The minimum absolute atomic E-state index is 0.233. The minimum Gasteiger partial charge on any atom is -0.481 e. The molecule has 12 heteroatoms. The van der Waals surface area contributed by atoms with E-state index in [1.54, 1.807) is 13.2 Å². The lowest BCUT2D eigenvalue weighted by Crippen LogP contribution is -2.41. The highest BCUT2D eigenvalue weighted by atomic mass is 35.5. The number of hydrogen-bond acceptors (Lipinski definition) is 7. The molecule has 0 bridgehead atoms. The number of methoxy groups -OCH3 is 1. The Hall–Kier alpha value is -3.54. The summed E-state index contributed by atoms with van der Waals surface area (Å²) < 4.78 is 27.7. The summed E-state index contributed by atoms with van der Waals surface area (Å²) in [5, 5.41) is 6.97. The van der Waals surface area contributed by atoms with Crippen molar-refractivity contribution in [1.29, 1.82) is 0 Å². The number of nitrogens with zero attached hydrogens (tertiary/aromatic N) is 4. The van der Waals surface area contributed by atoms with E-state index in [-0.39, 0.29) is 12.5 Å². The van der Waals surface area contributed by atoms with E-state index in [1.165, 1.54) is 0 Å². The number of rotatable bonds is 9. The zero-order valence-corrected chi connectivity index (χ0v) is 27.6. The summed E-state index contributed by atoms with van der Waals surface area (Å²) in [7, 11) is 5.47. The molecule has 2 N–H and O–H groups in total. The Labute approximate surface area is 278 Å². The van der Waals surface area contributed by atoms with E-state index in [9.17, 15) is 9.18 Å². The topological polar surface area (TPSA) is 93.5 Å². The zero-order chi connectivity index (χ0) is 32.4. The fraction of sp³-hybridized carbons (Fsp3) is 0.382. The number of carbonyl (C=O) groups is 1. The van der Waals surface area contributed by atoms with Gasteiger partial charge in [0.15, 0.2) is 5.82 Å². The van der Waals surface area contributed by atoms with Crippen LogP contribution < -0.4 is 15.4 Å². The van der Waals surface area contributed by atoms with Crippen LogP contribution in [-0.2, 0) is 31.3 Å². The molecule has 242 valence electrons. The van der Waals surface area contributed by atoms with Crippen LogP contribution in [0.5, 0.6) is 5.88 Å². The Kier molecular flexibility index (Phi) is 9.63. The number of fused-ring (bicyclic) bond motifs is 1. The fourth-order valence-electron chi connectivity index (χ4n) is 6.08. The molecule has 0 radical (unpaired) electrons. The van der Waals surface area contributed by atoms with Crippen molar-refractivity contribution >= 4 is 34.8 Å². The smallest absolute Gasteiger partial charge is 0.291 e. The lowest BCUT2D eigenvalue weighted by Gasteiger charge is -2.29. The van der Waals surface area contributed by atoms with Gasteiger partial charge in [0.1, 0.15) is 5.67 Å². The van der Waals surface area contributed by atoms with Gasteiger partial charge in [0, 0.05) is 93.7 Å². The summed E-state index contributed by atoms with van der Waals surface area (Å²) in [6.07, 6.45) is 1.60. The third kappa shape index (κ3) is 6.63. The molecule has 1 saturated heterocycles. The predicted molar refractivity (Wildman–Crippen MR) is 178 cm³/mol. The Bertz CT molecular complexity index is 1760. The van der Waals surface area contributed by atoms with E-state index in [0.29, 0.717) is 89.0 Å². The number of halogens is 3. The average Bonchev–Trinajstić information content (AvgIpc) is 3.38. The van der Waals surface area contributed by atoms with Crippen LogP contribution in [0, 0.1) is 0 Å². The van der Waals surface area contributed by atoms with Crippen LogP contribution in [0.15, 0.2) is 48.5 Å². The molecule has 2 aromatic carbocycles. The maximum Gasteiger partial charge on any atom is 0.291 e. The molecule has 0 atom stereocenters. The second-order valence-electron chi connectivity index (χ2n) is 11.9. The van der Waals surface area contributed by atoms with Gasteiger partial charge >= 0.3 is 0 Å². The molecule has 0 aliphatic carbocycles. The van der Waals surface area contributed by atoms with Crippen LogP contribution >= 0.6 is 23.2 Å². The van der Waals surface area contributed by atoms with Gasteiger partial charge in [-0.2, -0.15) is 0 Å². The van der Waals surface area contributed by atoms with Gasteiger partial charge in [-0.25, -0.2) is 14.4 Å². The predicted octanol–water partition coefficient (Wildman–Crippen LogP) is 6.31. The van der Waals surface area contributed by atoms with Gasteiger partial charge in [-0.15, -0.1) is 0 Å². The van der Waals surface area contributed by atoms with Crippen molar-refractivity contribution in [3.63, 3.8) is 0 Å². The standard InChI is InChI=1S/C34H37Cl2FN6O3/c1-42-15-12-28-27(19-42)39-31(43(28)2)32(44)40-26-9-5-7-23(30(26)36)22-6-4-8-24(29(22)35)25-11-10-21(33(41-25)45-3)18-38-20-34(37)13-16-46-17-14-34/h4-11,38H,12-20H2,1-3H3,(H,40,44). The van der Waals surface area contributed by atoms with Crippen molar-refractivity contribution in [2.45, 2.75) is 38.0 Å². The van der Waals surface area contributed by atoms with Gasteiger partial charge in [0.2, 0.25) is 5.88 Å². The summed E-state index contributed by atoms with van der Waals surface area (Å²) in [6, 6.07) is 14.8. The summed E-state index contributed by atoms with van der Waals surface area (Å²) in [4.78, 5) is 24.9. The largest absolute Gasteiger partial charge is 0.481 e. The molecule has 2 aliphatic heterocycles. The van der Waals surface area contributed by atoms with Crippen LogP contribution in [0.1, 0.15) is 40.4 Å². The van der Waals surface area contributed by atoms with E-state index in [0.717, 1.165) is 29.9 Å². The van der Waals surface area contributed by atoms with E-state index in [1.807, 2.05) is 61.1 Å². The van der Waals surface area contributed by atoms with Gasteiger partial charge in [-0.3, -0.25) is 4.79 Å². The molecule has 2 aromatic heterocycles. The first-order valence-corrected chi connectivity index (χ1v) is 16.1. The van der Waals surface area contributed by atoms with Gasteiger partial charge < -0.3 is 29.6 Å². The average molecular weight is 668 g/mol. The molecule has 46 heavy (non-hydrogen) atoms. The van der Waals surface area contributed by atoms with Crippen molar-refractivity contribution in [2.24, 2.45) is 7.05 Å². The molecule has 1 fully saturated rings. The van der Waals surface area contributed by atoms with Gasteiger partial charge in [-0.05, 0) is 19.2 Å². The lowest BCUT2D eigenvalue weighted by atomic mass is 9.96. The SMILES string of the molecule is COc1nc(-c2cccc(-c3cccc(NC(=O)c4nc5c(n4C)CCN(C)C5)c3Cl)c2Cl)ccc1CNCC1(F)CCOCC1. The third-order valence-corrected chi connectivity index (χ3v) is 9.55. The highest BCUT2D eigenvalue weighted by molar-refractivity contribution is 6.39. The Morgan fingerprint density at radius 1 is 1.02 bits per heavy atom. The summed E-state index contributed by atoms with van der Waals surface area (Å²) in [6.45, 7) is 3.14. The van der Waals surface area contributed by atoms with Crippen molar-refractivity contribution in [2.75, 3.05) is 45.8 Å². The third-order valence-electron chi connectivity index (χ3n) is 8.74. The molecular formula is C34H37Cl2FN6O3. The molecular weight excluding hydrogens is 630 g/mol. The Balaban J connectivity index is 1.22. The number of imidazole rings is 1. The summed E-state index contributed by atoms with van der Waals surface area (Å²) in [5.41, 5.74) is 4.63. The molecule has 0 unspecified atom stereocenters. The number of ether oxygens (including phenoxy) is 2. The number of amides is 1. The van der Waals surface area contributed by atoms with E-state index < -0.39 is 5.67 Å². The number of likely N-dealkylation sites (N-methyl/N-ethyl adjacent to an activating group) is 1. The number of benzene rings is 2. The first-order valence-electron chi connectivity index (χ1n) is 15.3. The zero-order valence-electron chi connectivity index (χ0n) is 26.1. The number of carbonyl (C=O) groups excluding carboxylic acids is 1.